The van der Waals surface area contributed by atoms with Crippen LogP contribution in [0.15, 0.2) is 24.8 Å². The number of ether oxygens (including phenoxy) is 1. The Morgan fingerprint density at radius 3 is 2.86 bits per heavy atom. The fraction of sp³-hybridized carbons (Fsp3) is 0.385. The number of hydrogen-bond acceptors (Lipinski definition) is 1. The van der Waals surface area contributed by atoms with Crippen molar-refractivity contribution < 1.29 is 4.74 Å². The second-order valence-electron chi connectivity index (χ2n) is 3.63. The molecule has 0 atom stereocenters. The molecule has 1 radical (unpaired) electrons. The normalized spacial score (nSPS) is 15.2. The Kier molecular flexibility index (Phi) is 2.58. The molecule has 0 heterocycles. The molecule has 1 nitrogen and oxygen atoms in total. The van der Waals surface area contributed by atoms with E-state index in [4.69, 9.17) is 4.74 Å². The van der Waals surface area contributed by atoms with Crippen LogP contribution in [0.25, 0.3) is 0 Å². The van der Waals surface area contributed by atoms with Gasteiger partial charge >= 0.3 is 0 Å². The van der Waals surface area contributed by atoms with Crippen LogP contribution < -0.4 is 4.74 Å². The van der Waals surface area contributed by atoms with Crippen LogP contribution in [0.4, 0.5) is 0 Å². The molecule has 0 bridgehead atoms. The zero-order valence-corrected chi connectivity index (χ0v) is 8.55. The van der Waals surface area contributed by atoms with Crippen molar-refractivity contribution in [1.29, 1.82) is 0 Å². The lowest BCUT2D eigenvalue weighted by molar-refractivity contribution is 0.340. The number of rotatable bonds is 4. The lowest BCUT2D eigenvalue weighted by Gasteiger charge is -2.08. The van der Waals surface area contributed by atoms with Gasteiger partial charge in [-0.2, -0.15) is 0 Å². The lowest BCUT2D eigenvalue weighted by Crippen LogP contribution is -1.94. The van der Waals surface area contributed by atoms with Gasteiger partial charge in [-0.3, -0.25) is 0 Å². The first kappa shape index (κ1) is 9.32. The Balaban J connectivity index is 2.29. The summed E-state index contributed by atoms with van der Waals surface area (Å²) in [6, 6.07) is 6.22. The molecule has 0 aromatic heterocycles. The second-order valence-corrected chi connectivity index (χ2v) is 3.63. The van der Waals surface area contributed by atoms with E-state index in [1.54, 1.807) is 0 Å². The van der Waals surface area contributed by atoms with Gasteiger partial charge in [-0.25, -0.2) is 0 Å². The predicted molar refractivity (Wildman–Crippen MR) is 57.6 cm³/mol. The van der Waals surface area contributed by atoms with E-state index in [9.17, 15) is 0 Å². The Morgan fingerprint density at radius 1 is 1.50 bits per heavy atom. The first-order valence-corrected chi connectivity index (χ1v) is 5.15. The first-order valence-electron chi connectivity index (χ1n) is 5.15. The van der Waals surface area contributed by atoms with Crippen LogP contribution >= 0.6 is 0 Å². The maximum Gasteiger partial charge on any atom is 0.119 e. The van der Waals surface area contributed by atoms with E-state index in [1.165, 1.54) is 18.4 Å². The van der Waals surface area contributed by atoms with E-state index >= 15 is 0 Å². The van der Waals surface area contributed by atoms with Crippen molar-refractivity contribution in [3.8, 4) is 5.75 Å². The maximum atomic E-state index is 5.44. The van der Waals surface area contributed by atoms with Crippen molar-refractivity contribution in [2.45, 2.75) is 25.7 Å². The summed E-state index contributed by atoms with van der Waals surface area (Å²) in [7, 11) is 0. The zero-order valence-electron chi connectivity index (χ0n) is 8.55. The molecule has 0 N–H and O–H groups in total. The van der Waals surface area contributed by atoms with Gasteiger partial charge in [0.15, 0.2) is 0 Å². The molecule has 14 heavy (non-hydrogen) atoms. The summed E-state index contributed by atoms with van der Waals surface area (Å²) in [4.78, 5) is 0. The largest absolute Gasteiger partial charge is 0.494 e. The third-order valence-corrected chi connectivity index (χ3v) is 2.54. The smallest absolute Gasteiger partial charge is 0.119 e. The van der Waals surface area contributed by atoms with E-state index in [1.807, 2.05) is 19.1 Å². The molecule has 0 unspecified atom stereocenters. The summed E-state index contributed by atoms with van der Waals surface area (Å²) in [5.41, 5.74) is 2.49. The van der Waals surface area contributed by atoms with Gasteiger partial charge in [-0.05, 0) is 55.0 Å². The van der Waals surface area contributed by atoms with Crippen LogP contribution in [0.2, 0.25) is 0 Å². The van der Waals surface area contributed by atoms with Crippen molar-refractivity contribution in [1.82, 2.24) is 0 Å². The van der Waals surface area contributed by atoms with Crippen molar-refractivity contribution in [3.05, 3.63) is 42.0 Å². The van der Waals surface area contributed by atoms with Crippen LogP contribution in [0.5, 0.6) is 5.75 Å². The molecule has 1 heteroatoms. The number of benzene rings is 1. The average Bonchev–Trinajstić information content (AvgIpc) is 3.02. The molecule has 2 rings (SSSR count). The van der Waals surface area contributed by atoms with Gasteiger partial charge in [0.25, 0.3) is 0 Å². The van der Waals surface area contributed by atoms with Gasteiger partial charge in [-0.1, -0.05) is 12.6 Å². The van der Waals surface area contributed by atoms with E-state index in [0.717, 1.165) is 17.2 Å². The van der Waals surface area contributed by atoms with Crippen LogP contribution in [0, 0.1) is 6.08 Å². The Labute approximate surface area is 85.4 Å². The van der Waals surface area contributed by atoms with Gasteiger partial charge in [0.2, 0.25) is 0 Å². The predicted octanol–water partition coefficient (Wildman–Crippen LogP) is 3.30. The molecule has 0 spiro atoms. The molecule has 0 amide bonds. The third kappa shape index (κ3) is 1.82. The molecule has 73 valence electrons. The highest BCUT2D eigenvalue weighted by Gasteiger charge is 2.25. The van der Waals surface area contributed by atoms with Crippen molar-refractivity contribution in [2.24, 2.45) is 0 Å². The standard InChI is InChI=1S/C13H15O/c1-3-10-9-12(14-4-2)7-8-13(10)11-5-6-11/h7-9,11H,1,4-6H2,2H3. The van der Waals surface area contributed by atoms with E-state index in [-0.39, 0.29) is 0 Å². The SMILES string of the molecule is C=[C]c1cc(OCC)ccc1C1CC1. The van der Waals surface area contributed by atoms with Crippen molar-refractivity contribution in [2.75, 3.05) is 6.61 Å². The Hall–Kier alpha value is -1.24. The minimum atomic E-state index is 0.708. The minimum Gasteiger partial charge on any atom is -0.494 e. The minimum absolute atomic E-state index is 0.708. The first-order chi connectivity index (χ1) is 6.85. The second kappa shape index (κ2) is 3.87. The molecular formula is C13H15O. The van der Waals surface area contributed by atoms with Crippen molar-refractivity contribution >= 4 is 0 Å². The van der Waals surface area contributed by atoms with Crippen LogP contribution in [0.1, 0.15) is 36.8 Å². The van der Waals surface area contributed by atoms with Gasteiger partial charge in [-0.15, -0.1) is 0 Å². The Morgan fingerprint density at radius 2 is 2.29 bits per heavy atom. The highest BCUT2D eigenvalue weighted by atomic mass is 16.5. The lowest BCUT2D eigenvalue weighted by atomic mass is 10.0. The molecular weight excluding hydrogens is 172 g/mol. The van der Waals surface area contributed by atoms with E-state index < -0.39 is 0 Å². The molecule has 1 aromatic carbocycles. The summed E-state index contributed by atoms with van der Waals surface area (Å²) in [6.07, 6.45) is 5.60. The summed E-state index contributed by atoms with van der Waals surface area (Å²) < 4.78 is 5.44. The highest BCUT2D eigenvalue weighted by molar-refractivity contribution is 5.42. The fourth-order valence-corrected chi connectivity index (χ4v) is 1.70. The van der Waals surface area contributed by atoms with Crippen LogP contribution in [0.3, 0.4) is 0 Å². The number of hydrogen-bond donors (Lipinski definition) is 0. The molecule has 1 aromatic rings. The fourth-order valence-electron chi connectivity index (χ4n) is 1.70. The summed E-state index contributed by atoms with van der Waals surface area (Å²) in [5.74, 6) is 1.66. The molecule has 1 aliphatic rings. The average molecular weight is 187 g/mol. The monoisotopic (exact) mass is 187 g/mol. The van der Waals surface area contributed by atoms with Gasteiger partial charge in [0.05, 0.1) is 6.61 Å². The summed E-state index contributed by atoms with van der Waals surface area (Å²) in [6.45, 7) is 6.42. The molecule has 1 fully saturated rings. The van der Waals surface area contributed by atoms with E-state index in [0.29, 0.717) is 6.61 Å². The molecule has 1 saturated carbocycles. The topological polar surface area (TPSA) is 9.23 Å². The molecule has 1 aliphatic carbocycles. The van der Waals surface area contributed by atoms with Gasteiger partial charge < -0.3 is 4.74 Å². The third-order valence-electron chi connectivity index (χ3n) is 2.54. The summed E-state index contributed by atoms with van der Waals surface area (Å²) in [5, 5.41) is 0. The molecule has 0 aliphatic heterocycles. The van der Waals surface area contributed by atoms with Crippen molar-refractivity contribution in [3.63, 3.8) is 0 Å². The molecule has 0 saturated heterocycles. The van der Waals surface area contributed by atoms with Crippen LogP contribution in [-0.4, -0.2) is 6.61 Å². The quantitative estimate of drug-likeness (QED) is 0.702. The van der Waals surface area contributed by atoms with E-state index in [2.05, 4.69) is 18.7 Å². The van der Waals surface area contributed by atoms with Crippen LogP contribution in [-0.2, 0) is 0 Å². The highest BCUT2D eigenvalue weighted by Crippen LogP contribution is 2.42. The maximum absolute atomic E-state index is 5.44. The Bertz CT molecular complexity index is 337. The summed E-state index contributed by atoms with van der Waals surface area (Å²) >= 11 is 0. The van der Waals surface area contributed by atoms with Gasteiger partial charge in [0, 0.05) is 0 Å². The zero-order chi connectivity index (χ0) is 9.97. The van der Waals surface area contributed by atoms with Gasteiger partial charge in [0.1, 0.15) is 5.75 Å².